The first kappa shape index (κ1) is 48.8. The van der Waals surface area contributed by atoms with Crippen LogP contribution in [-0.4, -0.2) is 93.8 Å². The number of methoxy groups -OCH3 is 1. The number of ether oxygens (including phenoxy) is 7. The van der Waals surface area contributed by atoms with Crippen molar-refractivity contribution in [2.75, 3.05) is 73.4 Å². The second kappa shape index (κ2) is 26.4. The number of aliphatic hydroxyl groups is 3. The minimum atomic E-state index is -0.504. The lowest BCUT2D eigenvalue weighted by molar-refractivity contribution is -0.00842. The number of hydrogen-bond donors (Lipinski definition) is 4. The van der Waals surface area contributed by atoms with Gasteiger partial charge in [-0.05, 0) is 136 Å². The van der Waals surface area contributed by atoms with Crippen LogP contribution in [0.25, 0.3) is 44.5 Å². The second-order valence-electron chi connectivity index (χ2n) is 14.3. The third-order valence-corrected chi connectivity index (χ3v) is 9.42. The Morgan fingerprint density at radius 3 is 1.36 bits per heavy atom. The van der Waals surface area contributed by atoms with Crippen LogP contribution in [0.1, 0.15) is 26.2 Å². The van der Waals surface area contributed by atoms with E-state index in [0.717, 1.165) is 40.0 Å². The Labute approximate surface area is 372 Å². The van der Waals surface area contributed by atoms with Crippen molar-refractivity contribution in [1.82, 2.24) is 0 Å². The quantitative estimate of drug-likeness (QED) is 0.0341. The predicted octanol–water partition coefficient (Wildman–Crippen LogP) is 9.71. The standard InChI is InChI=1S/C28H33FO6.C23H23FO5/c1-3-12-33-25-8-5-21(6-9-25)23-16-24(18-26(17-23)35-20-32-15-14-31-2)22-7-10-28(27(29)19-22)34-13-4-11-30;24-22-15-17(4-7-23(22)29-10-1-8-25)19-12-18(13-20(27)14-19)16-2-5-21(6-3-16)28-11-9-26/h5-10,16-19,30H,3-4,11-15,20H2,1-2H3;2-7,12-15,25-27H,1,8-11H2. The number of benzene rings is 6. The van der Waals surface area contributed by atoms with E-state index < -0.39 is 11.6 Å². The average molecular weight is 883 g/mol. The van der Waals surface area contributed by atoms with E-state index in [4.69, 9.17) is 48.5 Å². The summed E-state index contributed by atoms with van der Waals surface area (Å²) in [4.78, 5) is 0. The predicted molar refractivity (Wildman–Crippen MR) is 242 cm³/mol. The van der Waals surface area contributed by atoms with Gasteiger partial charge in [0.15, 0.2) is 29.9 Å². The third-order valence-electron chi connectivity index (χ3n) is 9.42. The van der Waals surface area contributed by atoms with Crippen molar-refractivity contribution in [3.05, 3.63) is 133 Å². The van der Waals surface area contributed by atoms with Gasteiger partial charge in [-0.1, -0.05) is 43.3 Å². The van der Waals surface area contributed by atoms with Crippen LogP contribution < -0.4 is 23.7 Å². The Hall–Kier alpha value is -6.22. The molecular weight excluding hydrogens is 827 g/mol. The molecule has 0 fully saturated rings. The number of hydrogen-bond acceptors (Lipinski definition) is 11. The van der Waals surface area contributed by atoms with E-state index in [1.165, 1.54) is 12.1 Å². The topological polar surface area (TPSA) is 146 Å². The zero-order valence-electron chi connectivity index (χ0n) is 36.1. The lowest BCUT2D eigenvalue weighted by atomic mass is 9.98. The first-order valence-electron chi connectivity index (χ1n) is 21.1. The largest absolute Gasteiger partial charge is 0.508 e. The molecule has 0 aliphatic rings. The number of rotatable bonds is 24. The Balaban J connectivity index is 0.000000245. The van der Waals surface area contributed by atoms with E-state index >= 15 is 0 Å². The van der Waals surface area contributed by atoms with Gasteiger partial charge >= 0.3 is 0 Å². The van der Waals surface area contributed by atoms with Crippen LogP contribution in [-0.2, 0) is 9.47 Å². The van der Waals surface area contributed by atoms with Gasteiger partial charge in [-0.25, -0.2) is 8.78 Å². The van der Waals surface area contributed by atoms with Crippen LogP contribution >= 0.6 is 0 Å². The minimum absolute atomic E-state index is 0.00381. The number of aliphatic hydroxyl groups excluding tert-OH is 3. The molecule has 0 aromatic heterocycles. The zero-order chi connectivity index (χ0) is 45.5. The van der Waals surface area contributed by atoms with Crippen molar-refractivity contribution in [2.24, 2.45) is 0 Å². The summed E-state index contributed by atoms with van der Waals surface area (Å²) >= 11 is 0. The van der Waals surface area contributed by atoms with E-state index in [1.807, 2.05) is 60.7 Å². The highest BCUT2D eigenvalue weighted by atomic mass is 19.1. The molecule has 6 aromatic carbocycles. The smallest absolute Gasteiger partial charge is 0.189 e. The molecule has 4 N–H and O–H groups in total. The van der Waals surface area contributed by atoms with Crippen molar-refractivity contribution < 1.29 is 62.4 Å². The molecule has 11 nitrogen and oxygen atoms in total. The summed E-state index contributed by atoms with van der Waals surface area (Å²) < 4.78 is 67.1. The van der Waals surface area contributed by atoms with Crippen molar-refractivity contribution in [1.29, 1.82) is 0 Å². The van der Waals surface area contributed by atoms with Crippen LogP contribution in [0.3, 0.4) is 0 Å². The SMILES string of the molecule is CCCOc1ccc(-c2cc(OCOCCOC)cc(-c3ccc(OCCCO)c(F)c3)c2)cc1.OCCCOc1ccc(-c2cc(O)cc(-c3ccc(OCCO)cc3)c2)cc1F. The molecule has 6 rings (SSSR count). The van der Waals surface area contributed by atoms with Gasteiger partial charge in [-0.2, -0.15) is 0 Å². The van der Waals surface area contributed by atoms with Crippen molar-refractivity contribution >= 4 is 0 Å². The molecule has 0 atom stereocenters. The van der Waals surface area contributed by atoms with Gasteiger partial charge in [0.2, 0.25) is 0 Å². The summed E-state index contributed by atoms with van der Waals surface area (Å²) in [5.74, 6) is 1.44. The Morgan fingerprint density at radius 1 is 0.422 bits per heavy atom. The van der Waals surface area contributed by atoms with Crippen LogP contribution in [0, 0.1) is 11.6 Å². The van der Waals surface area contributed by atoms with Crippen molar-refractivity contribution in [2.45, 2.75) is 26.2 Å². The number of phenols is 1. The molecule has 0 bridgehead atoms. The molecule has 0 unspecified atom stereocenters. The molecular formula is C51H56F2O11. The first-order valence-corrected chi connectivity index (χ1v) is 21.1. The fourth-order valence-electron chi connectivity index (χ4n) is 6.23. The van der Waals surface area contributed by atoms with E-state index in [9.17, 15) is 13.9 Å². The van der Waals surface area contributed by atoms with Gasteiger partial charge in [0.1, 0.15) is 29.6 Å². The van der Waals surface area contributed by atoms with Gasteiger partial charge in [0.05, 0.1) is 39.6 Å². The van der Waals surface area contributed by atoms with Crippen molar-refractivity contribution in [3.8, 4) is 79.0 Å². The van der Waals surface area contributed by atoms with Crippen LogP contribution in [0.5, 0.6) is 34.5 Å². The number of phenolic OH excluding ortho intramolecular Hbond substituents is 1. The monoisotopic (exact) mass is 882 g/mol. The third kappa shape index (κ3) is 15.2. The fourth-order valence-corrected chi connectivity index (χ4v) is 6.23. The van der Waals surface area contributed by atoms with Gasteiger partial charge in [-0.15, -0.1) is 0 Å². The van der Waals surface area contributed by atoms with Gasteiger partial charge in [0.25, 0.3) is 0 Å². The molecule has 0 heterocycles. The minimum Gasteiger partial charge on any atom is -0.508 e. The molecule has 0 spiro atoms. The molecule has 0 aliphatic heterocycles. The van der Waals surface area contributed by atoms with E-state index in [-0.39, 0.29) is 63.7 Å². The summed E-state index contributed by atoms with van der Waals surface area (Å²) in [5.41, 5.74) is 6.29. The average Bonchev–Trinajstić information content (AvgIpc) is 3.31. The highest BCUT2D eigenvalue weighted by Crippen LogP contribution is 2.35. The summed E-state index contributed by atoms with van der Waals surface area (Å²) in [5, 5.41) is 36.7. The number of halogens is 2. The lowest BCUT2D eigenvalue weighted by Gasteiger charge is -2.14. The zero-order valence-corrected chi connectivity index (χ0v) is 36.1. The molecule has 6 aromatic rings. The van der Waals surface area contributed by atoms with Gasteiger partial charge in [0, 0.05) is 33.2 Å². The molecule has 64 heavy (non-hydrogen) atoms. The molecule has 0 amide bonds. The maximum absolute atomic E-state index is 14.7. The Kier molecular flexibility index (Phi) is 20.1. The molecule has 0 saturated carbocycles. The molecule has 0 radical (unpaired) electrons. The highest BCUT2D eigenvalue weighted by molar-refractivity contribution is 5.77. The molecule has 0 saturated heterocycles. The van der Waals surface area contributed by atoms with Crippen molar-refractivity contribution in [3.63, 3.8) is 0 Å². The highest BCUT2D eigenvalue weighted by Gasteiger charge is 2.13. The first-order chi connectivity index (χ1) is 31.2. The summed E-state index contributed by atoms with van der Waals surface area (Å²) in [6.07, 6.45) is 1.82. The fraction of sp³-hybridized carbons (Fsp3) is 0.294. The van der Waals surface area contributed by atoms with Gasteiger partial charge < -0.3 is 53.6 Å². The summed E-state index contributed by atoms with van der Waals surface area (Å²) in [6, 6.07) is 35.4. The summed E-state index contributed by atoms with van der Waals surface area (Å²) in [6.45, 7) is 4.34. The van der Waals surface area contributed by atoms with Crippen LogP contribution in [0.2, 0.25) is 0 Å². The molecule has 340 valence electrons. The van der Waals surface area contributed by atoms with Crippen LogP contribution in [0.4, 0.5) is 8.78 Å². The Morgan fingerprint density at radius 2 is 0.891 bits per heavy atom. The summed E-state index contributed by atoms with van der Waals surface area (Å²) in [7, 11) is 1.61. The lowest BCUT2D eigenvalue weighted by Crippen LogP contribution is -2.07. The van der Waals surface area contributed by atoms with E-state index in [2.05, 4.69) is 6.92 Å². The second-order valence-corrected chi connectivity index (χ2v) is 14.3. The van der Waals surface area contributed by atoms with Crippen LogP contribution in [0.15, 0.2) is 121 Å². The Bertz CT molecular complexity index is 2300. The maximum Gasteiger partial charge on any atom is 0.189 e. The maximum atomic E-state index is 14.7. The van der Waals surface area contributed by atoms with E-state index in [0.29, 0.717) is 60.9 Å². The number of aromatic hydroxyl groups is 1. The molecule has 13 heteroatoms. The van der Waals surface area contributed by atoms with Gasteiger partial charge in [-0.3, -0.25) is 0 Å². The van der Waals surface area contributed by atoms with E-state index in [1.54, 1.807) is 55.6 Å². The molecule has 0 aliphatic carbocycles. The normalized spacial score (nSPS) is 10.8.